The van der Waals surface area contributed by atoms with Crippen LogP contribution in [0.1, 0.15) is 17.5 Å². The third kappa shape index (κ3) is 4.38. The Morgan fingerprint density at radius 3 is 2.45 bits per heavy atom. The summed E-state index contributed by atoms with van der Waals surface area (Å²) in [4.78, 5) is 32.1. The van der Waals surface area contributed by atoms with Gasteiger partial charge in [0.25, 0.3) is 0 Å². The molecule has 2 aliphatic rings. The Labute approximate surface area is 180 Å². The molecule has 1 unspecified atom stereocenters. The molecule has 2 aliphatic heterocycles. The summed E-state index contributed by atoms with van der Waals surface area (Å²) in [7, 11) is 0. The molecule has 29 heavy (non-hydrogen) atoms. The van der Waals surface area contributed by atoms with E-state index in [0.717, 1.165) is 35.4 Å². The fourth-order valence-electron chi connectivity index (χ4n) is 4.26. The van der Waals surface area contributed by atoms with E-state index in [0.29, 0.717) is 26.1 Å². The van der Waals surface area contributed by atoms with Gasteiger partial charge in [-0.15, -0.1) is 0 Å². The van der Waals surface area contributed by atoms with Crippen molar-refractivity contribution in [1.82, 2.24) is 9.80 Å². The third-order valence-corrected chi connectivity index (χ3v) is 6.38. The zero-order chi connectivity index (χ0) is 20.4. The standard InChI is InChI=1S/C23H26BrN3O2/c1-17-15-19(24)7-8-21(17)27-10-9-20(23(27)29)22(28)26-13-11-25(12-14-26)16-18-5-3-2-4-6-18/h2-8,15,20H,9-14,16H2,1H3. The van der Waals surface area contributed by atoms with Crippen LogP contribution in [-0.4, -0.2) is 54.3 Å². The number of hydrogen-bond donors (Lipinski definition) is 0. The highest BCUT2D eigenvalue weighted by Gasteiger charge is 2.40. The first-order valence-electron chi connectivity index (χ1n) is 10.2. The predicted octanol–water partition coefficient (Wildman–Crippen LogP) is 3.45. The molecule has 0 bridgehead atoms. The minimum absolute atomic E-state index is 0.00775. The normalized spacial score (nSPS) is 20.3. The summed E-state index contributed by atoms with van der Waals surface area (Å²) in [6.07, 6.45) is 0.595. The highest BCUT2D eigenvalue weighted by molar-refractivity contribution is 9.10. The maximum absolute atomic E-state index is 13.0. The minimum Gasteiger partial charge on any atom is -0.339 e. The van der Waals surface area contributed by atoms with Crippen LogP contribution in [0, 0.1) is 12.8 Å². The van der Waals surface area contributed by atoms with Crippen molar-refractivity contribution in [3.05, 3.63) is 64.1 Å². The molecule has 2 heterocycles. The van der Waals surface area contributed by atoms with Gasteiger partial charge in [-0.1, -0.05) is 46.3 Å². The topological polar surface area (TPSA) is 43.9 Å². The quantitative estimate of drug-likeness (QED) is 0.663. The fourth-order valence-corrected chi connectivity index (χ4v) is 4.73. The molecule has 2 fully saturated rings. The summed E-state index contributed by atoms with van der Waals surface area (Å²) in [5, 5.41) is 0. The van der Waals surface area contributed by atoms with Gasteiger partial charge in [-0.3, -0.25) is 14.5 Å². The number of nitrogens with zero attached hydrogens (tertiary/aromatic N) is 3. The SMILES string of the molecule is Cc1cc(Br)ccc1N1CCC(C(=O)N2CCN(Cc3ccccc3)CC2)C1=O. The molecule has 6 heteroatoms. The van der Waals surface area contributed by atoms with Gasteiger partial charge in [0.15, 0.2) is 0 Å². The molecular weight excluding hydrogens is 430 g/mol. The van der Waals surface area contributed by atoms with E-state index in [4.69, 9.17) is 0 Å². The second-order valence-corrected chi connectivity index (χ2v) is 8.76. The number of amides is 2. The van der Waals surface area contributed by atoms with Gasteiger partial charge >= 0.3 is 0 Å². The Kier molecular flexibility index (Phi) is 6.01. The van der Waals surface area contributed by atoms with Gasteiger partial charge in [-0.2, -0.15) is 0 Å². The van der Waals surface area contributed by atoms with Crippen LogP contribution in [0.2, 0.25) is 0 Å². The second-order valence-electron chi connectivity index (χ2n) is 7.85. The van der Waals surface area contributed by atoms with Crippen LogP contribution in [0.25, 0.3) is 0 Å². The monoisotopic (exact) mass is 455 g/mol. The molecule has 2 saturated heterocycles. The molecule has 0 N–H and O–H groups in total. The van der Waals surface area contributed by atoms with E-state index in [1.165, 1.54) is 5.56 Å². The highest BCUT2D eigenvalue weighted by atomic mass is 79.9. The molecule has 0 radical (unpaired) electrons. The molecule has 1 atom stereocenters. The van der Waals surface area contributed by atoms with E-state index < -0.39 is 5.92 Å². The molecule has 0 aromatic heterocycles. The number of hydrogen-bond acceptors (Lipinski definition) is 3. The van der Waals surface area contributed by atoms with Crippen LogP contribution < -0.4 is 4.90 Å². The zero-order valence-corrected chi connectivity index (χ0v) is 18.3. The molecule has 0 saturated carbocycles. The van der Waals surface area contributed by atoms with Crippen molar-refractivity contribution in [3.63, 3.8) is 0 Å². The average molecular weight is 456 g/mol. The number of carbonyl (C=O) groups excluding carboxylic acids is 2. The summed E-state index contributed by atoms with van der Waals surface area (Å²) >= 11 is 3.46. The van der Waals surface area contributed by atoms with E-state index in [-0.39, 0.29) is 11.8 Å². The van der Waals surface area contributed by atoms with Gasteiger partial charge in [-0.05, 0) is 42.7 Å². The number of rotatable bonds is 4. The van der Waals surface area contributed by atoms with Crippen LogP contribution in [0.5, 0.6) is 0 Å². The Hall–Kier alpha value is -2.18. The summed E-state index contributed by atoms with van der Waals surface area (Å²) in [6.45, 7) is 6.57. The minimum atomic E-state index is -0.543. The van der Waals surface area contributed by atoms with Crippen LogP contribution in [-0.2, 0) is 16.1 Å². The van der Waals surface area contributed by atoms with Crippen molar-refractivity contribution >= 4 is 33.4 Å². The Morgan fingerprint density at radius 2 is 1.76 bits per heavy atom. The molecule has 0 spiro atoms. The molecule has 4 rings (SSSR count). The molecule has 2 aromatic carbocycles. The lowest BCUT2D eigenvalue weighted by Gasteiger charge is -2.35. The summed E-state index contributed by atoms with van der Waals surface area (Å²) in [5.41, 5.74) is 3.23. The Balaban J connectivity index is 1.35. The van der Waals surface area contributed by atoms with Crippen LogP contribution >= 0.6 is 15.9 Å². The second kappa shape index (κ2) is 8.67. The smallest absolute Gasteiger partial charge is 0.239 e. The van der Waals surface area contributed by atoms with Gasteiger partial charge in [0, 0.05) is 49.4 Å². The van der Waals surface area contributed by atoms with E-state index in [9.17, 15) is 9.59 Å². The van der Waals surface area contributed by atoms with Crippen LogP contribution in [0.4, 0.5) is 5.69 Å². The van der Waals surface area contributed by atoms with Crippen molar-refractivity contribution < 1.29 is 9.59 Å². The predicted molar refractivity (Wildman–Crippen MR) is 118 cm³/mol. The molecule has 2 aromatic rings. The average Bonchev–Trinajstić information content (AvgIpc) is 3.10. The summed E-state index contributed by atoms with van der Waals surface area (Å²) in [6, 6.07) is 16.3. The lowest BCUT2D eigenvalue weighted by molar-refractivity contribution is -0.141. The highest BCUT2D eigenvalue weighted by Crippen LogP contribution is 2.30. The van der Waals surface area contributed by atoms with Crippen molar-refractivity contribution in [2.45, 2.75) is 19.9 Å². The maximum atomic E-state index is 13.0. The van der Waals surface area contributed by atoms with Gasteiger partial charge in [0.2, 0.25) is 11.8 Å². The summed E-state index contributed by atoms with van der Waals surface area (Å²) < 4.78 is 0.992. The fraction of sp³-hybridized carbons (Fsp3) is 0.391. The molecular formula is C23H26BrN3O2. The first-order chi connectivity index (χ1) is 14.0. The third-order valence-electron chi connectivity index (χ3n) is 5.89. The number of carbonyl (C=O) groups is 2. The number of halogens is 1. The largest absolute Gasteiger partial charge is 0.339 e. The van der Waals surface area contributed by atoms with Crippen molar-refractivity contribution in [1.29, 1.82) is 0 Å². The number of benzene rings is 2. The van der Waals surface area contributed by atoms with E-state index in [1.807, 2.05) is 36.1 Å². The van der Waals surface area contributed by atoms with E-state index in [2.05, 4.69) is 45.1 Å². The maximum Gasteiger partial charge on any atom is 0.239 e. The first kappa shape index (κ1) is 20.1. The Morgan fingerprint density at radius 1 is 1.03 bits per heavy atom. The van der Waals surface area contributed by atoms with Gasteiger partial charge in [0.05, 0.1) is 0 Å². The van der Waals surface area contributed by atoms with Gasteiger partial charge in [0.1, 0.15) is 5.92 Å². The van der Waals surface area contributed by atoms with Gasteiger partial charge < -0.3 is 9.80 Å². The van der Waals surface area contributed by atoms with Crippen molar-refractivity contribution in [2.75, 3.05) is 37.6 Å². The molecule has 152 valence electrons. The van der Waals surface area contributed by atoms with E-state index in [1.54, 1.807) is 4.90 Å². The number of anilines is 1. The summed E-state index contributed by atoms with van der Waals surface area (Å²) in [5.74, 6) is -0.613. The first-order valence-corrected chi connectivity index (χ1v) is 10.9. The lowest BCUT2D eigenvalue weighted by Crippen LogP contribution is -2.51. The van der Waals surface area contributed by atoms with Gasteiger partial charge in [-0.25, -0.2) is 0 Å². The van der Waals surface area contributed by atoms with Crippen LogP contribution in [0.3, 0.4) is 0 Å². The number of piperazine rings is 1. The van der Waals surface area contributed by atoms with Crippen molar-refractivity contribution in [3.8, 4) is 0 Å². The molecule has 2 amide bonds. The number of aryl methyl sites for hydroxylation is 1. The zero-order valence-electron chi connectivity index (χ0n) is 16.7. The van der Waals surface area contributed by atoms with Crippen molar-refractivity contribution in [2.24, 2.45) is 5.92 Å². The molecule has 5 nitrogen and oxygen atoms in total. The van der Waals surface area contributed by atoms with E-state index >= 15 is 0 Å². The van der Waals surface area contributed by atoms with Crippen LogP contribution in [0.15, 0.2) is 53.0 Å². The lowest BCUT2D eigenvalue weighted by atomic mass is 10.1. The Bertz CT molecular complexity index is 894. The molecule has 0 aliphatic carbocycles.